The number of fused-ring (bicyclic) bond motifs is 3. The lowest BCUT2D eigenvalue weighted by Crippen LogP contribution is -1.99. The van der Waals surface area contributed by atoms with E-state index in [4.69, 9.17) is 22.6 Å². The number of unbranched alkanes of at least 4 members (excludes halogenated alkanes) is 3. The van der Waals surface area contributed by atoms with Crippen LogP contribution in [0, 0.1) is 24.7 Å². The molecule has 0 amide bonds. The Labute approximate surface area is 185 Å². The van der Waals surface area contributed by atoms with Gasteiger partial charge in [0, 0.05) is 22.3 Å². The van der Waals surface area contributed by atoms with E-state index in [0.717, 1.165) is 63.6 Å². The van der Waals surface area contributed by atoms with E-state index in [-0.39, 0.29) is 0 Å². The molecule has 0 fully saturated rings. The fraction of sp³-hybridized carbons (Fsp3) is 0.207. The molecule has 0 radical (unpaired) electrons. The van der Waals surface area contributed by atoms with Crippen LogP contribution in [0.2, 0.25) is 0 Å². The number of nitrogens with zero attached hydrogens (tertiary/aromatic N) is 1. The zero-order chi connectivity index (χ0) is 21.6. The molecule has 0 atom stereocenters. The lowest BCUT2D eigenvalue weighted by molar-refractivity contribution is 0.305. The number of benzene rings is 3. The number of aliphatic imine (C=N–C) groups is 1. The summed E-state index contributed by atoms with van der Waals surface area (Å²) in [7, 11) is 0. The summed E-state index contributed by atoms with van der Waals surface area (Å²) in [6.45, 7) is 2.96. The molecule has 0 aromatic heterocycles. The molecule has 31 heavy (non-hydrogen) atoms. The molecule has 0 aliphatic heterocycles. The van der Waals surface area contributed by atoms with Gasteiger partial charge in [0.05, 0.1) is 18.0 Å². The summed E-state index contributed by atoms with van der Waals surface area (Å²) < 4.78 is 5.86. The Kier molecular flexibility index (Phi) is 6.21. The maximum Gasteiger partial charge on any atom is 0.119 e. The fourth-order valence-electron chi connectivity index (χ4n) is 3.86. The van der Waals surface area contributed by atoms with Crippen LogP contribution in [0.4, 0.5) is 5.69 Å². The van der Waals surface area contributed by atoms with Gasteiger partial charge in [-0.3, -0.25) is 0 Å². The summed E-state index contributed by atoms with van der Waals surface area (Å²) in [5.41, 5.74) is 7.77. The summed E-state index contributed by atoms with van der Waals surface area (Å²) in [6.07, 6.45) is 16.1. The third-order valence-electron chi connectivity index (χ3n) is 5.52. The van der Waals surface area contributed by atoms with E-state index in [1.54, 1.807) is 0 Å². The molecule has 1 aliphatic rings. The Bertz CT molecular complexity index is 1140. The van der Waals surface area contributed by atoms with Gasteiger partial charge in [-0.1, -0.05) is 50.2 Å². The van der Waals surface area contributed by atoms with E-state index < -0.39 is 0 Å². The van der Waals surface area contributed by atoms with Gasteiger partial charge in [-0.05, 0) is 66.1 Å². The quantitative estimate of drug-likeness (QED) is 0.247. The van der Waals surface area contributed by atoms with Crippen molar-refractivity contribution in [3.8, 4) is 41.6 Å². The van der Waals surface area contributed by atoms with Gasteiger partial charge >= 0.3 is 0 Å². The minimum absolute atomic E-state index is 0.748. The monoisotopic (exact) mass is 403 g/mol. The molecule has 2 nitrogen and oxygen atoms in total. The molecule has 0 spiro atoms. The molecule has 0 unspecified atom stereocenters. The van der Waals surface area contributed by atoms with E-state index in [1.807, 2.05) is 48.5 Å². The van der Waals surface area contributed by atoms with Crippen molar-refractivity contribution in [2.75, 3.05) is 6.61 Å². The smallest absolute Gasteiger partial charge is 0.119 e. The van der Waals surface area contributed by atoms with Gasteiger partial charge in [0.15, 0.2) is 0 Å². The van der Waals surface area contributed by atoms with Crippen LogP contribution in [0.25, 0.3) is 11.1 Å². The van der Waals surface area contributed by atoms with Gasteiger partial charge < -0.3 is 4.74 Å². The van der Waals surface area contributed by atoms with Crippen molar-refractivity contribution < 1.29 is 4.74 Å². The van der Waals surface area contributed by atoms with E-state index in [9.17, 15) is 0 Å². The Balaban J connectivity index is 1.64. The Morgan fingerprint density at radius 2 is 1.35 bits per heavy atom. The zero-order valence-corrected chi connectivity index (χ0v) is 17.8. The lowest BCUT2D eigenvalue weighted by Gasteiger charge is -2.07. The van der Waals surface area contributed by atoms with Crippen molar-refractivity contribution in [3.63, 3.8) is 0 Å². The lowest BCUT2D eigenvalue weighted by atomic mass is 10.0. The van der Waals surface area contributed by atoms with Crippen molar-refractivity contribution in [3.05, 3.63) is 82.9 Å². The zero-order valence-electron chi connectivity index (χ0n) is 17.8. The largest absolute Gasteiger partial charge is 0.494 e. The maximum atomic E-state index is 5.86. The molecule has 0 N–H and O–H groups in total. The molecular weight excluding hydrogens is 378 g/mol. The Morgan fingerprint density at radius 1 is 0.742 bits per heavy atom. The second-order valence-electron chi connectivity index (χ2n) is 7.67. The van der Waals surface area contributed by atoms with Gasteiger partial charge in [-0.15, -0.1) is 12.8 Å². The van der Waals surface area contributed by atoms with Crippen LogP contribution in [-0.2, 0) is 0 Å². The molecule has 0 saturated heterocycles. The first-order chi connectivity index (χ1) is 15.2. The van der Waals surface area contributed by atoms with Crippen LogP contribution in [0.5, 0.6) is 5.75 Å². The molecule has 152 valence electrons. The van der Waals surface area contributed by atoms with Gasteiger partial charge in [0.25, 0.3) is 0 Å². The molecule has 3 aromatic carbocycles. The van der Waals surface area contributed by atoms with Crippen LogP contribution in [0.1, 0.15) is 54.9 Å². The van der Waals surface area contributed by atoms with Crippen LogP contribution < -0.4 is 4.74 Å². The van der Waals surface area contributed by atoms with Crippen molar-refractivity contribution in [2.45, 2.75) is 32.6 Å². The summed E-state index contributed by atoms with van der Waals surface area (Å²) in [4.78, 5) is 4.98. The number of ether oxygens (including phenoxy) is 1. The van der Waals surface area contributed by atoms with Crippen LogP contribution >= 0.6 is 0 Å². The molecule has 0 heterocycles. The second-order valence-corrected chi connectivity index (χ2v) is 7.67. The van der Waals surface area contributed by atoms with Crippen LogP contribution in [-0.4, -0.2) is 12.3 Å². The van der Waals surface area contributed by atoms with Gasteiger partial charge in [-0.25, -0.2) is 4.99 Å². The molecular formula is C29H25NO. The molecule has 1 aliphatic carbocycles. The highest BCUT2D eigenvalue weighted by Gasteiger charge is 2.25. The molecule has 0 bridgehead atoms. The predicted octanol–water partition coefficient (Wildman–Crippen LogP) is 6.76. The first kappa shape index (κ1) is 20.5. The van der Waals surface area contributed by atoms with Gasteiger partial charge in [0.2, 0.25) is 0 Å². The highest BCUT2D eigenvalue weighted by atomic mass is 16.5. The third-order valence-corrected chi connectivity index (χ3v) is 5.52. The summed E-state index contributed by atoms with van der Waals surface area (Å²) in [6, 6.07) is 20.0. The summed E-state index contributed by atoms with van der Waals surface area (Å²) in [5, 5.41) is 0. The van der Waals surface area contributed by atoms with E-state index >= 15 is 0 Å². The Hall–Kier alpha value is -3.75. The third kappa shape index (κ3) is 4.40. The minimum Gasteiger partial charge on any atom is -0.494 e. The van der Waals surface area contributed by atoms with Gasteiger partial charge in [0.1, 0.15) is 5.75 Å². The molecule has 2 heteroatoms. The first-order valence-corrected chi connectivity index (χ1v) is 10.8. The van der Waals surface area contributed by atoms with E-state index in [0.29, 0.717) is 0 Å². The van der Waals surface area contributed by atoms with Crippen molar-refractivity contribution in [1.29, 1.82) is 0 Å². The summed E-state index contributed by atoms with van der Waals surface area (Å²) >= 11 is 0. The molecule has 0 saturated carbocycles. The number of hydrogen-bond donors (Lipinski definition) is 0. The number of terminal acetylenes is 2. The minimum atomic E-state index is 0.748. The SMILES string of the molecule is C#Cc1ccc2c(c1)C(=Nc1ccc(OCCCCCC)cc1)c1cc(C#C)ccc1-2. The normalized spacial score (nSPS) is 11.3. The highest BCUT2D eigenvalue weighted by molar-refractivity contribution is 6.25. The maximum absolute atomic E-state index is 5.86. The van der Waals surface area contributed by atoms with E-state index in [1.165, 1.54) is 19.3 Å². The van der Waals surface area contributed by atoms with Crippen molar-refractivity contribution in [2.24, 2.45) is 4.99 Å². The molecule has 4 rings (SSSR count). The van der Waals surface area contributed by atoms with Crippen LogP contribution in [0.15, 0.2) is 65.7 Å². The van der Waals surface area contributed by atoms with Crippen LogP contribution in [0.3, 0.4) is 0 Å². The van der Waals surface area contributed by atoms with Crippen molar-refractivity contribution in [1.82, 2.24) is 0 Å². The average molecular weight is 404 g/mol. The predicted molar refractivity (Wildman–Crippen MR) is 129 cm³/mol. The van der Waals surface area contributed by atoms with Crippen molar-refractivity contribution >= 4 is 11.4 Å². The van der Waals surface area contributed by atoms with E-state index in [2.05, 4.69) is 30.9 Å². The topological polar surface area (TPSA) is 21.6 Å². The second kappa shape index (κ2) is 9.38. The standard InChI is InChI=1S/C29H25NO/c1-4-7-8-9-18-31-24-14-12-23(13-15-24)30-29-27-19-21(5-2)10-16-25(27)26-17-11-22(6-3)20-28(26)29/h2-3,10-17,19-20H,4,7-9,18H2,1H3. The highest BCUT2D eigenvalue weighted by Crippen LogP contribution is 2.39. The average Bonchev–Trinajstić information content (AvgIpc) is 3.12. The fourth-order valence-corrected chi connectivity index (χ4v) is 3.86. The summed E-state index contributed by atoms with van der Waals surface area (Å²) in [5.74, 6) is 6.32. The number of hydrogen-bond acceptors (Lipinski definition) is 2. The number of rotatable bonds is 7. The first-order valence-electron chi connectivity index (χ1n) is 10.8. The van der Waals surface area contributed by atoms with Gasteiger partial charge in [-0.2, -0.15) is 0 Å². The Morgan fingerprint density at radius 3 is 1.90 bits per heavy atom. The molecule has 3 aromatic rings.